The van der Waals surface area contributed by atoms with Crippen molar-refractivity contribution in [2.75, 3.05) is 0 Å². The molecule has 6 unspecified atom stereocenters. The lowest BCUT2D eigenvalue weighted by Crippen LogP contribution is -2.60. The van der Waals surface area contributed by atoms with Gasteiger partial charge in [-0.3, -0.25) is 14.4 Å². The van der Waals surface area contributed by atoms with Gasteiger partial charge in [-0.2, -0.15) is 0 Å². The molecule has 0 saturated carbocycles. The van der Waals surface area contributed by atoms with E-state index in [0.29, 0.717) is 12.8 Å². The first kappa shape index (κ1) is 28.8. The third-order valence-electron chi connectivity index (χ3n) is 5.19. The normalized spacial score (nSPS) is 17.3. The Kier molecular flexibility index (Phi) is 12.3. The molecule has 0 saturated heterocycles. The molecule has 6 atom stereocenters. The molecule has 0 aliphatic carbocycles. The Morgan fingerprint density at radius 1 is 0.839 bits per heavy atom. The van der Waals surface area contributed by atoms with Crippen LogP contribution in [0.5, 0.6) is 0 Å². The van der Waals surface area contributed by atoms with Gasteiger partial charge in [-0.15, -0.1) is 0 Å². The summed E-state index contributed by atoms with van der Waals surface area (Å²) in [5.74, 6) is -3.61. The van der Waals surface area contributed by atoms with E-state index in [0.717, 1.165) is 0 Å². The van der Waals surface area contributed by atoms with E-state index in [1.807, 2.05) is 27.7 Å². The number of rotatable bonds is 13. The van der Waals surface area contributed by atoms with E-state index >= 15 is 0 Å². The zero-order chi connectivity index (χ0) is 24.5. The summed E-state index contributed by atoms with van der Waals surface area (Å²) in [5, 5.41) is 26.7. The number of aliphatic hydroxyl groups is 1. The van der Waals surface area contributed by atoms with Gasteiger partial charge in [-0.25, -0.2) is 4.79 Å². The largest absolute Gasteiger partial charge is 0.480 e. The van der Waals surface area contributed by atoms with Crippen molar-refractivity contribution < 1.29 is 29.4 Å². The van der Waals surface area contributed by atoms with Crippen molar-refractivity contribution in [1.82, 2.24) is 16.0 Å². The van der Waals surface area contributed by atoms with Gasteiger partial charge in [0.2, 0.25) is 17.7 Å². The maximum atomic E-state index is 12.9. The van der Waals surface area contributed by atoms with Crippen molar-refractivity contribution in [2.45, 2.75) is 91.6 Å². The van der Waals surface area contributed by atoms with Crippen LogP contribution >= 0.6 is 0 Å². The van der Waals surface area contributed by atoms with Gasteiger partial charge < -0.3 is 31.9 Å². The molecule has 7 N–H and O–H groups in total. The zero-order valence-electron chi connectivity index (χ0n) is 19.6. The summed E-state index contributed by atoms with van der Waals surface area (Å²) in [4.78, 5) is 49.3. The molecule has 0 fully saturated rings. The van der Waals surface area contributed by atoms with Crippen LogP contribution in [0.1, 0.15) is 61.3 Å². The molecule has 0 heterocycles. The molecule has 10 heteroatoms. The van der Waals surface area contributed by atoms with Crippen LogP contribution in [0.25, 0.3) is 0 Å². The minimum absolute atomic E-state index is 0.0482. The van der Waals surface area contributed by atoms with Gasteiger partial charge in [0.15, 0.2) is 0 Å². The summed E-state index contributed by atoms with van der Waals surface area (Å²) in [7, 11) is 0. The lowest BCUT2D eigenvalue weighted by atomic mass is 9.97. The quantitative estimate of drug-likeness (QED) is 0.232. The average molecular weight is 445 g/mol. The number of nitrogens with two attached hydrogens (primary N) is 1. The number of carboxylic acids is 1. The van der Waals surface area contributed by atoms with E-state index in [2.05, 4.69) is 16.0 Å². The standard InChI is InChI=1S/C21H40N4O6/c1-8-12(6)15(22)19(28)23-14(9-10(2)3)18(27)25-17(13(7)26)20(29)24-16(11(4)5)21(30)31/h10-17,26H,8-9,22H2,1-7H3,(H,23,28)(H,24,29)(H,25,27)(H,30,31). The van der Waals surface area contributed by atoms with Crippen LogP contribution in [-0.4, -0.2) is 64.2 Å². The van der Waals surface area contributed by atoms with Crippen LogP contribution in [0.15, 0.2) is 0 Å². The van der Waals surface area contributed by atoms with Crippen LogP contribution in [0.2, 0.25) is 0 Å². The Bertz CT molecular complexity index is 623. The summed E-state index contributed by atoms with van der Waals surface area (Å²) < 4.78 is 0. The number of carbonyl (C=O) groups is 4. The van der Waals surface area contributed by atoms with Crippen LogP contribution in [0.3, 0.4) is 0 Å². The van der Waals surface area contributed by atoms with E-state index in [4.69, 9.17) is 5.73 Å². The smallest absolute Gasteiger partial charge is 0.326 e. The van der Waals surface area contributed by atoms with Crippen molar-refractivity contribution in [2.24, 2.45) is 23.5 Å². The molecule has 0 radical (unpaired) electrons. The fourth-order valence-corrected chi connectivity index (χ4v) is 2.90. The van der Waals surface area contributed by atoms with Gasteiger partial charge in [-0.05, 0) is 31.1 Å². The second kappa shape index (κ2) is 13.3. The van der Waals surface area contributed by atoms with Crippen molar-refractivity contribution in [3.05, 3.63) is 0 Å². The Hall–Kier alpha value is -2.20. The van der Waals surface area contributed by atoms with Crippen molar-refractivity contribution in [3.8, 4) is 0 Å². The molecule has 31 heavy (non-hydrogen) atoms. The highest BCUT2D eigenvalue weighted by molar-refractivity contribution is 5.94. The number of aliphatic hydroxyl groups excluding tert-OH is 1. The van der Waals surface area contributed by atoms with Gasteiger partial charge in [0, 0.05) is 0 Å². The molecule has 0 aromatic heterocycles. The van der Waals surface area contributed by atoms with Crippen LogP contribution < -0.4 is 21.7 Å². The minimum atomic E-state index is -1.39. The van der Waals surface area contributed by atoms with Crippen LogP contribution in [-0.2, 0) is 19.2 Å². The molecule has 0 aliphatic rings. The minimum Gasteiger partial charge on any atom is -0.480 e. The van der Waals surface area contributed by atoms with E-state index in [-0.39, 0.29) is 11.8 Å². The second-order valence-corrected chi connectivity index (χ2v) is 8.90. The van der Waals surface area contributed by atoms with Gasteiger partial charge in [0.1, 0.15) is 18.1 Å². The SMILES string of the molecule is CCC(C)C(N)C(=O)NC(CC(C)C)C(=O)NC(C(=O)NC(C(=O)O)C(C)C)C(C)O. The zero-order valence-corrected chi connectivity index (χ0v) is 19.6. The third kappa shape index (κ3) is 9.65. The number of carboxylic acid groups (broad SMARTS) is 1. The fourth-order valence-electron chi connectivity index (χ4n) is 2.90. The molecule has 0 aliphatic heterocycles. The molecule has 0 aromatic carbocycles. The number of amides is 3. The molecule has 180 valence electrons. The van der Waals surface area contributed by atoms with Gasteiger partial charge in [0.25, 0.3) is 0 Å². The Balaban J connectivity index is 5.46. The van der Waals surface area contributed by atoms with Crippen LogP contribution in [0.4, 0.5) is 0 Å². The van der Waals surface area contributed by atoms with Gasteiger partial charge in [-0.1, -0.05) is 48.0 Å². The highest BCUT2D eigenvalue weighted by Gasteiger charge is 2.34. The molecular formula is C21H40N4O6. The molecule has 10 nitrogen and oxygen atoms in total. The molecule has 0 spiro atoms. The molecule has 0 aromatic rings. The molecule has 3 amide bonds. The van der Waals surface area contributed by atoms with E-state index in [1.54, 1.807) is 13.8 Å². The van der Waals surface area contributed by atoms with Crippen LogP contribution in [0, 0.1) is 17.8 Å². The summed E-state index contributed by atoms with van der Waals surface area (Å²) >= 11 is 0. The van der Waals surface area contributed by atoms with Crippen molar-refractivity contribution in [3.63, 3.8) is 0 Å². The third-order valence-corrected chi connectivity index (χ3v) is 5.19. The Morgan fingerprint density at radius 3 is 1.74 bits per heavy atom. The predicted molar refractivity (Wildman–Crippen MR) is 117 cm³/mol. The lowest BCUT2D eigenvalue weighted by molar-refractivity contribution is -0.144. The molecular weight excluding hydrogens is 404 g/mol. The van der Waals surface area contributed by atoms with Crippen molar-refractivity contribution in [1.29, 1.82) is 0 Å². The summed E-state index contributed by atoms with van der Waals surface area (Å²) in [6.07, 6.45) is -0.299. The van der Waals surface area contributed by atoms with E-state index in [9.17, 15) is 29.4 Å². The molecule has 0 rings (SSSR count). The summed E-state index contributed by atoms with van der Waals surface area (Å²) in [6, 6.07) is -4.31. The summed E-state index contributed by atoms with van der Waals surface area (Å²) in [6.45, 7) is 12.1. The number of hydrogen-bond acceptors (Lipinski definition) is 6. The summed E-state index contributed by atoms with van der Waals surface area (Å²) in [5.41, 5.74) is 5.96. The van der Waals surface area contributed by atoms with Crippen molar-refractivity contribution >= 4 is 23.7 Å². The van der Waals surface area contributed by atoms with E-state index in [1.165, 1.54) is 6.92 Å². The highest BCUT2D eigenvalue weighted by Crippen LogP contribution is 2.10. The Labute approximate surface area is 184 Å². The first-order valence-corrected chi connectivity index (χ1v) is 10.8. The topological polar surface area (TPSA) is 171 Å². The maximum Gasteiger partial charge on any atom is 0.326 e. The number of carbonyl (C=O) groups excluding carboxylic acids is 3. The van der Waals surface area contributed by atoms with Gasteiger partial charge >= 0.3 is 5.97 Å². The number of nitrogens with one attached hydrogen (secondary N) is 3. The number of aliphatic carboxylic acids is 1. The maximum absolute atomic E-state index is 12.9. The number of hydrogen-bond donors (Lipinski definition) is 6. The lowest BCUT2D eigenvalue weighted by Gasteiger charge is -2.28. The average Bonchev–Trinajstić information content (AvgIpc) is 2.66. The molecule has 0 bridgehead atoms. The Morgan fingerprint density at radius 2 is 1.35 bits per heavy atom. The fraction of sp³-hybridized carbons (Fsp3) is 0.810. The second-order valence-electron chi connectivity index (χ2n) is 8.90. The van der Waals surface area contributed by atoms with E-state index < -0.39 is 59.9 Å². The highest BCUT2D eigenvalue weighted by atomic mass is 16.4. The van der Waals surface area contributed by atoms with Gasteiger partial charge in [0.05, 0.1) is 12.1 Å². The first-order chi connectivity index (χ1) is 14.2. The predicted octanol–water partition coefficient (Wildman–Crippen LogP) is -0.0183. The monoisotopic (exact) mass is 444 g/mol. The first-order valence-electron chi connectivity index (χ1n) is 10.8.